The molecule has 2 aromatic rings. The predicted octanol–water partition coefficient (Wildman–Crippen LogP) is 3.73. The van der Waals surface area contributed by atoms with Gasteiger partial charge in [0.15, 0.2) is 5.16 Å². The zero-order valence-electron chi connectivity index (χ0n) is 12.1. The van der Waals surface area contributed by atoms with Gasteiger partial charge >= 0.3 is 0 Å². The number of nitrogens with zero attached hydrogens (tertiary/aromatic N) is 3. The quantitative estimate of drug-likeness (QED) is 0.824. The fourth-order valence-corrected chi connectivity index (χ4v) is 4.65. The first-order valence-electron chi connectivity index (χ1n) is 7.63. The first-order chi connectivity index (χ1) is 10.2. The highest BCUT2D eigenvalue weighted by atomic mass is 32.2. The molecule has 0 aromatic carbocycles. The molecule has 0 aliphatic heterocycles. The maximum Gasteiger partial charge on any atom is 0.192 e. The molecule has 0 bridgehead atoms. The van der Waals surface area contributed by atoms with Crippen molar-refractivity contribution in [1.29, 1.82) is 0 Å². The van der Waals surface area contributed by atoms with E-state index in [0.717, 1.165) is 5.16 Å². The monoisotopic (exact) mass is 320 g/mol. The van der Waals surface area contributed by atoms with Crippen LogP contribution >= 0.6 is 23.1 Å². The third kappa shape index (κ3) is 2.76. The summed E-state index contributed by atoms with van der Waals surface area (Å²) in [5.74, 6) is 1.87. The van der Waals surface area contributed by atoms with Crippen LogP contribution in [-0.4, -0.2) is 20.8 Å². The fourth-order valence-electron chi connectivity index (χ4n) is 2.69. The predicted molar refractivity (Wildman–Crippen MR) is 86.8 cm³/mol. The Morgan fingerprint density at radius 2 is 2.14 bits per heavy atom. The van der Waals surface area contributed by atoms with Gasteiger partial charge in [-0.3, -0.25) is 0 Å². The number of hydrogen-bond acceptors (Lipinski definition) is 5. The van der Waals surface area contributed by atoms with Crippen molar-refractivity contribution in [1.82, 2.24) is 14.8 Å². The summed E-state index contributed by atoms with van der Waals surface area (Å²) in [6, 6.07) is 2.90. The summed E-state index contributed by atoms with van der Waals surface area (Å²) in [4.78, 5) is 0. The Bertz CT molecular complexity index is 612. The Morgan fingerprint density at radius 1 is 1.33 bits per heavy atom. The van der Waals surface area contributed by atoms with E-state index >= 15 is 0 Å². The molecule has 2 atom stereocenters. The number of thioether (sulfide) groups is 1. The van der Waals surface area contributed by atoms with E-state index in [0.29, 0.717) is 12.0 Å². The summed E-state index contributed by atoms with van der Waals surface area (Å²) in [6.45, 7) is 2.08. The molecule has 2 saturated carbocycles. The van der Waals surface area contributed by atoms with Gasteiger partial charge in [0, 0.05) is 18.0 Å². The van der Waals surface area contributed by atoms with Gasteiger partial charge in [-0.05, 0) is 55.0 Å². The maximum atomic E-state index is 6.22. The smallest absolute Gasteiger partial charge is 0.192 e. The average molecular weight is 320 g/mol. The van der Waals surface area contributed by atoms with E-state index in [1.165, 1.54) is 37.1 Å². The van der Waals surface area contributed by atoms with Gasteiger partial charge in [-0.1, -0.05) is 11.8 Å². The van der Waals surface area contributed by atoms with Crippen molar-refractivity contribution in [3.8, 4) is 0 Å². The minimum Gasteiger partial charge on any atom is -0.327 e. The Labute approximate surface area is 133 Å². The van der Waals surface area contributed by atoms with Gasteiger partial charge in [0.05, 0.1) is 5.25 Å². The van der Waals surface area contributed by atoms with Gasteiger partial charge in [0.25, 0.3) is 0 Å². The van der Waals surface area contributed by atoms with Crippen LogP contribution in [-0.2, 0) is 0 Å². The molecule has 0 saturated heterocycles. The number of rotatable bonds is 6. The molecule has 0 radical (unpaired) electrons. The Kier molecular flexibility index (Phi) is 3.55. The van der Waals surface area contributed by atoms with Crippen molar-refractivity contribution in [3.63, 3.8) is 0 Å². The van der Waals surface area contributed by atoms with Crippen molar-refractivity contribution in [2.75, 3.05) is 0 Å². The molecular weight excluding hydrogens is 300 g/mol. The largest absolute Gasteiger partial charge is 0.327 e. The Hall–Kier alpha value is -0.850. The summed E-state index contributed by atoms with van der Waals surface area (Å²) in [5, 5.41) is 14.6. The highest BCUT2D eigenvalue weighted by Gasteiger charge is 2.37. The highest BCUT2D eigenvalue weighted by Crippen LogP contribution is 2.48. The van der Waals surface area contributed by atoms with Crippen LogP contribution in [0.5, 0.6) is 0 Å². The van der Waals surface area contributed by atoms with Gasteiger partial charge < -0.3 is 10.3 Å². The van der Waals surface area contributed by atoms with Crippen LogP contribution < -0.4 is 5.73 Å². The fraction of sp³-hybridized carbons (Fsp3) is 0.600. The lowest BCUT2D eigenvalue weighted by Gasteiger charge is -2.19. The SMILES string of the molecule is CC(N)C(Sc1nnc(C2CC2)n1C1CC1)c1ccsc1. The third-order valence-corrected chi connectivity index (χ3v) is 6.27. The molecule has 2 aliphatic rings. The minimum absolute atomic E-state index is 0.0957. The van der Waals surface area contributed by atoms with E-state index in [4.69, 9.17) is 5.73 Å². The molecule has 2 heterocycles. The van der Waals surface area contributed by atoms with E-state index in [9.17, 15) is 0 Å². The van der Waals surface area contributed by atoms with Gasteiger partial charge in [-0.15, -0.1) is 10.2 Å². The van der Waals surface area contributed by atoms with Gasteiger partial charge in [0.1, 0.15) is 5.82 Å². The van der Waals surface area contributed by atoms with E-state index in [1.807, 2.05) is 0 Å². The molecule has 6 heteroatoms. The number of hydrogen-bond donors (Lipinski definition) is 1. The second-order valence-corrected chi connectivity index (χ2v) is 8.06. The minimum atomic E-state index is 0.0957. The first kappa shape index (κ1) is 13.8. The van der Waals surface area contributed by atoms with E-state index in [2.05, 4.69) is 38.5 Å². The molecule has 4 rings (SSSR count). The highest BCUT2D eigenvalue weighted by molar-refractivity contribution is 7.99. The molecule has 2 aromatic heterocycles. The molecule has 2 fully saturated rings. The van der Waals surface area contributed by atoms with Crippen LogP contribution in [0.2, 0.25) is 0 Å². The molecule has 112 valence electrons. The summed E-state index contributed by atoms with van der Waals surface area (Å²) >= 11 is 3.51. The second-order valence-electron chi connectivity index (χ2n) is 6.17. The number of nitrogens with two attached hydrogens (primary N) is 1. The van der Waals surface area contributed by atoms with Crippen molar-refractivity contribution in [2.24, 2.45) is 5.73 Å². The summed E-state index contributed by atoms with van der Waals surface area (Å²) in [5.41, 5.74) is 7.53. The average Bonchev–Trinajstić information content (AvgIpc) is 3.39. The lowest BCUT2D eigenvalue weighted by Crippen LogP contribution is -2.22. The first-order valence-corrected chi connectivity index (χ1v) is 9.45. The third-order valence-electron chi connectivity index (χ3n) is 4.13. The summed E-state index contributed by atoms with van der Waals surface area (Å²) < 4.78 is 2.41. The molecular formula is C15H20N4S2. The van der Waals surface area contributed by atoms with Gasteiger partial charge in [-0.25, -0.2) is 0 Å². The lowest BCUT2D eigenvalue weighted by molar-refractivity contribution is 0.622. The summed E-state index contributed by atoms with van der Waals surface area (Å²) in [6.07, 6.45) is 5.09. The Balaban J connectivity index is 1.63. The molecule has 2 unspecified atom stereocenters. The van der Waals surface area contributed by atoms with E-state index < -0.39 is 0 Å². The molecule has 2 N–H and O–H groups in total. The van der Waals surface area contributed by atoms with Crippen molar-refractivity contribution < 1.29 is 0 Å². The van der Waals surface area contributed by atoms with Crippen LogP contribution in [0.3, 0.4) is 0 Å². The van der Waals surface area contributed by atoms with Crippen molar-refractivity contribution in [2.45, 2.75) is 61.0 Å². The molecule has 21 heavy (non-hydrogen) atoms. The number of aromatic nitrogens is 3. The van der Waals surface area contributed by atoms with Crippen LogP contribution in [0.25, 0.3) is 0 Å². The van der Waals surface area contributed by atoms with Crippen molar-refractivity contribution >= 4 is 23.1 Å². The summed E-state index contributed by atoms with van der Waals surface area (Å²) in [7, 11) is 0. The van der Waals surface area contributed by atoms with Gasteiger partial charge in [0.2, 0.25) is 0 Å². The van der Waals surface area contributed by atoms with E-state index in [-0.39, 0.29) is 11.3 Å². The maximum absolute atomic E-state index is 6.22. The molecule has 0 amide bonds. The Morgan fingerprint density at radius 3 is 2.71 bits per heavy atom. The van der Waals surface area contributed by atoms with E-state index in [1.54, 1.807) is 23.1 Å². The van der Waals surface area contributed by atoms with Crippen LogP contribution in [0.15, 0.2) is 22.0 Å². The molecule has 4 nitrogen and oxygen atoms in total. The standard InChI is InChI=1S/C15H20N4S2/c1-9(16)13(11-6-7-20-8-11)21-15-18-17-14(10-2-3-10)19(15)12-4-5-12/h6-10,12-13H,2-5,16H2,1H3. The van der Waals surface area contributed by atoms with Crippen LogP contribution in [0.4, 0.5) is 0 Å². The zero-order chi connectivity index (χ0) is 14.4. The topological polar surface area (TPSA) is 56.7 Å². The molecule has 2 aliphatic carbocycles. The van der Waals surface area contributed by atoms with Crippen LogP contribution in [0, 0.1) is 0 Å². The second kappa shape index (κ2) is 5.41. The van der Waals surface area contributed by atoms with Crippen molar-refractivity contribution in [3.05, 3.63) is 28.2 Å². The normalized spacial score (nSPS) is 21.4. The number of thiophene rings is 1. The molecule has 0 spiro atoms. The lowest BCUT2D eigenvalue weighted by atomic mass is 10.1. The van der Waals surface area contributed by atoms with Crippen LogP contribution in [0.1, 0.15) is 61.2 Å². The zero-order valence-corrected chi connectivity index (χ0v) is 13.7. The van der Waals surface area contributed by atoms with Gasteiger partial charge in [-0.2, -0.15) is 11.3 Å².